The summed E-state index contributed by atoms with van der Waals surface area (Å²) in [5.41, 5.74) is 4.91. The average molecular weight is 377 g/mol. The summed E-state index contributed by atoms with van der Waals surface area (Å²) in [4.78, 5) is 5.43. The number of hydrogen-bond donors (Lipinski definition) is 0. The quantitative estimate of drug-likeness (QED) is 0.641. The van der Waals surface area contributed by atoms with Gasteiger partial charge in [0.05, 0.1) is 5.71 Å². The smallest absolute Gasteiger partial charge is 0.219 e. The number of aromatic nitrogens is 2. The van der Waals surface area contributed by atoms with E-state index in [0.29, 0.717) is 18.4 Å². The molecule has 2 aromatic rings. The molecule has 1 aromatic heterocycles. The first-order chi connectivity index (χ1) is 13.7. The minimum absolute atomic E-state index is 0.271. The first-order valence-corrected chi connectivity index (χ1v) is 10.2. The number of aryl methyl sites for hydroxylation is 2. The minimum Gasteiger partial charge on any atom is -0.425 e. The Morgan fingerprint density at radius 1 is 1.11 bits per heavy atom. The van der Waals surface area contributed by atoms with Gasteiger partial charge in [-0.05, 0) is 37.0 Å². The second kappa shape index (κ2) is 8.13. The van der Waals surface area contributed by atoms with E-state index >= 15 is 0 Å². The Hall–Kier alpha value is -2.69. The molecule has 1 heterocycles. The molecule has 0 saturated heterocycles. The van der Waals surface area contributed by atoms with Crippen LogP contribution in [0.5, 0.6) is 0 Å². The molecular formula is C23H27N3O2. The van der Waals surface area contributed by atoms with E-state index in [2.05, 4.69) is 71.7 Å². The molecule has 0 amide bonds. The van der Waals surface area contributed by atoms with E-state index in [1.807, 2.05) is 6.92 Å². The Labute approximate surface area is 166 Å². The van der Waals surface area contributed by atoms with E-state index in [-0.39, 0.29) is 11.8 Å². The fourth-order valence-electron chi connectivity index (χ4n) is 3.91. The third-order valence-electron chi connectivity index (χ3n) is 5.33. The Balaban J connectivity index is 1.48. The summed E-state index contributed by atoms with van der Waals surface area (Å²) < 4.78 is 5.71. The Morgan fingerprint density at radius 2 is 1.93 bits per heavy atom. The van der Waals surface area contributed by atoms with Crippen LogP contribution in [0.1, 0.15) is 67.5 Å². The van der Waals surface area contributed by atoms with Gasteiger partial charge >= 0.3 is 0 Å². The zero-order valence-electron chi connectivity index (χ0n) is 16.8. The molecule has 0 aliphatic heterocycles. The van der Waals surface area contributed by atoms with Crippen LogP contribution in [0, 0.1) is 5.92 Å². The molecule has 0 N–H and O–H groups in total. The van der Waals surface area contributed by atoms with Crippen molar-refractivity contribution in [2.45, 2.75) is 51.9 Å². The molecule has 0 fully saturated rings. The molecule has 0 saturated carbocycles. The second-order valence-corrected chi connectivity index (χ2v) is 7.68. The standard InChI is InChI=1S/C23H27N3O2/c1-4-27-26-22-19-10-6-5-9-17(19)18-13-12-16(14-20(18)22)8-7-11-21-24-25-23(28-21)15(2)3/h5-6,9-10,12-15,17,19H,4,7-8,11H2,1-3H3/b26-22-. The summed E-state index contributed by atoms with van der Waals surface area (Å²) in [7, 11) is 0. The van der Waals surface area contributed by atoms with Crippen molar-refractivity contribution in [1.82, 2.24) is 10.2 Å². The van der Waals surface area contributed by atoms with Crippen LogP contribution in [0.4, 0.5) is 0 Å². The monoisotopic (exact) mass is 377 g/mol. The largest absolute Gasteiger partial charge is 0.425 e. The summed E-state index contributed by atoms with van der Waals surface area (Å²) in [6.07, 6.45) is 11.5. The van der Waals surface area contributed by atoms with E-state index in [1.54, 1.807) is 0 Å². The van der Waals surface area contributed by atoms with Gasteiger partial charge in [0, 0.05) is 29.7 Å². The highest BCUT2D eigenvalue weighted by Gasteiger charge is 2.36. The van der Waals surface area contributed by atoms with Crippen molar-refractivity contribution in [2.24, 2.45) is 11.1 Å². The topological polar surface area (TPSA) is 60.5 Å². The number of benzene rings is 1. The maximum atomic E-state index is 5.71. The van der Waals surface area contributed by atoms with Crippen LogP contribution in [-0.2, 0) is 17.7 Å². The van der Waals surface area contributed by atoms with Crippen LogP contribution in [0.15, 0.2) is 52.1 Å². The van der Waals surface area contributed by atoms with Gasteiger partial charge in [0.15, 0.2) is 0 Å². The Morgan fingerprint density at radius 3 is 2.68 bits per heavy atom. The van der Waals surface area contributed by atoms with Crippen LogP contribution in [0.25, 0.3) is 0 Å². The normalized spacial score (nSPS) is 21.4. The third-order valence-corrected chi connectivity index (χ3v) is 5.33. The molecule has 5 nitrogen and oxygen atoms in total. The maximum absolute atomic E-state index is 5.71. The number of allylic oxidation sites excluding steroid dienone is 4. The fourth-order valence-corrected chi connectivity index (χ4v) is 3.91. The molecule has 5 heteroatoms. The molecular weight excluding hydrogens is 350 g/mol. The molecule has 0 radical (unpaired) electrons. The first kappa shape index (κ1) is 18.7. The van der Waals surface area contributed by atoms with Gasteiger partial charge < -0.3 is 9.25 Å². The molecule has 2 unspecified atom stereocenters. The van der Waals surface area contributed by atoms with Crippen LogP contribution >= 0.6 is 0 Å². The van der Waals surface area contributed by atoms with Gasteiger partial charge in [0.1, 0.15) is 6.61 Å². The minimum atomic E-state index is 0.271. The molecule has 2 atom stereocenters. The molecule has 0 bridgehead atoms. The van der Waals surface area contributed by atoms with E-state index in [4.69, 9.17) is 9.25 Å². The zero-order chi connectivity index (χ0) is 19.5. The predicted molar refractivity (Wildman–Crippen MR) is 110 cm³/mol. The van der Waals surface area contributed by atoms with Gasteiger partial charge in [-0.2, -0.15) is 0 Å². The summed E-state index contributed by atoms with van der Waals surface area (Å²) >= 11 is 0. The van der Waals surface area contributed by atoms with E-state index in [0.717, 1.165) is 30.9 Å². The molecule has 146 valence electrons. The SMILES string of the molecule is CCO/N=C1\c2cc(CCCc3nnc(C(C)C)o3)ccc2C2C=CC=CC12. The van der Waals surface area contributed by atoms with Crippen molar-refractivity contribution >= 4 is 5.71 Å². The van der Waals surface area contributed by atoms with Crippen molar-refractivity contribution in [2.75, 3.05) is 6.61 Å². The lowest BCUT2D eigenvalue weighted by Gasteiger charge is -2.15. The van der Waals surface area contributed by atoms with Crippen molar-refractivity contribution in [3.8, 4) is 0 Å². The fraction of sp³-hybridized carbons (Fsp3) is 0.435. The van der Waals surface area contributed by atoms with Crippen LogP contribution in [0.3, 0.4) is 0 Å². The molecule has 4 rings (SSSR count). The summed E-state index contributed by atoms with van der Waals surface area (Å²) in [6.45, 7) is 6.67. The van der Waals surface area contributed by atoms with Gasteiger partial charge in [0.2, 0.25) is 11.8 Å². The van der Waals surface area contributed by atoms with Crippen molar-refractivity contribution < 1.29 is 9.25 Å². The van der Waals surface area contributed by atoms with Crippen molar-refractivity contribution in [1.29, 1.82) is 0 Å². The molecule has 28 heavy (non-hydrogen) atoms. The first-order valence-electron chi connectivity index (χ1n) is 10.2. The third kappa shape index (κ3) is 3.66. The van der Waals surface area contributed by atoms with E-state index in [1.165, 1.54) is 16.7 Å². The lowest BCUT2D eigenvalue weighted by atomic mass is 9.88. The number of nitrogens with zero attached hydrogens (tertiary/aromatic N) is 3. The number of rotatable bonds is 7. The average Bonchev–Trinajstić information content (AvgIpc) is 3.29. The Bertz CT molecular complexity index is 924. The molecule has 2 aliphatic rings. The lowest BCUT2D eigenvalue weighted by molar-refractivity contribution is 0.158. The summed E-state index contributed by atoms with van der Waals surface area (Å²) in [6, 6.07) is 6.77. The van der Waals surface area contributed by atoms with Crippen molar-refractivity contribution in [3.63, 3.8) is 0 Å². The van der Waals surface area contributed by atoms with Crippen LogP contribution in [0.2, 0.25) is 0 Å². The van der Waals surface area contributed by atoms with Gasteiger partial charge in [-0.25, -0.2) is 0 Å². The van der Waals surface area contributed by atoms with E-state index < -0.39 is 0 Å². The zero-order valence-corrected chi connectivity index (χ0v) is 16.8. The highest BCUT2D eigenvalue weighted by molar-refractivity contribution is 6.08. The van der Waals surface area contributed by atoms with Crippen molar-refractivity contribution in [3.05, 3.63) is 71.0 Å². The molecule has 1 aromatic carbocycles. The number of fused-ring (bicyclic) bond motifs is 3. The number of oxime groups is 1. The van der Waals surface area contributed by atoms with Crippen LogP contribution in [-0.4, -0.2) is 22.5 Å². The second-order valence-electron chi connectivity index (χ2n) is 7.68. The van der Waals surface area contributed by atoms with Gasteiger partial charge in [-0.15, -0.1) is 10.2 Å². The Kier molecular flexibility index (Phi) is 5.42. The van der Waals surface area contributed by atoms with Crippen LogP contribution < -0.4 is 0 Å². The van der Waals surface area contributed by atoms with E-state index in [9.17, 15) is 0 Å². The lowest BCUT2D eigenvalue weighted by Crippen LogP contribution is -2.13. The summed E-state index contributed by atoms with van der Waals surface area (Å²) in [5, 5.41) is 12.7. The molecule has 2 aliphatic carbocycles. The highest BCUT2D eigenvalue weighted by atomic mass is 16.6. The van der Waals surface area contributed by atoms with Gasteiger partial charge in [0.25, 0.3) is 0 Å². The number of hydrogen-bond acceptors (Lipinski definition) is 5. The highest BCUT2D eigenvalue weighted by Crippen LogP contribution is 2.42. The predicted octanol–water partition coefficient (Wildman–Crippen LogP) is 4.95. The summed E-state index contributed by atoms with van der Waals surface area (Å²) in [5.74, 6) is 2.35. The maximum Gasteiger partial charge on any atom is 0.219 e. The van der Waals surface area contributed by atoms with Gasteiger partial charge in [-0.1, -0.05) is 55.4 Å². The van der Waals surface area contributed by atoms with Gasteiger partial charge in [-0.3, -0.25) is 0 Å². The molecule has 0 spiro atoms.